The highest BCUT2D eigenvalue weighted by Gasteiger charge is 2.41. The maximum absolute atomic E-state index is 13.0. The number of imidazole rings is 1. The molecule has 3 heterocycles. The van der Waals surface area contributed by atoms with Gasteiger partial charge in [0.2, 0.25) is 5.91 Å². The average molecular weight is 390 g/mol. The van der Waals surface area contributed by atoms with Crippen LogP contribution >= 0.6 is 0 Å². The van der Waals surface area contributed by atoms with Gasteiger partial charge in [-0.3, -0.25) is 4.79 Å². The second kappa shape index (κ2) is 8.11. The van der Waals surface area contributed by atoms with Crippen LogP contribution in [-0.4, -0.2) is 69.7 Å². The number of rotatable bonds is 5. The lowest BCUT2D eigenvalue weighted by atomic mass is 9.87. The number of hydrogen-bond donors (Lipinski definition) is 1. The van der Waals surface area contributed by atoms with Crippen molar-refractivity contribution in [2.24, 2.45) is 0 Å². The Morgan fingerprint density at radius 1 is 1.32 bits per heavy atom. The Bertz CT molecular complexity index is 706. The molecular weight excluding hydrogens is 358 g/mol. The molecule has 1 aromatic heterocycles. The molecular formula is C20H31N5O3. The number of nitrogens with one attached hydrogen (secondary N) is 1. The van der Waals surface area contributed by atoms with Gasteiger partial charge in [0, 0.05) is 44.6 Å². The van der Waals surface area contributed by atoms with Crippen LogP contribution in [0.4, 0.5) is 4.79 Å². The number of piperidine rings is 1. The van der Waals surface area contributed by atoms with Crippen molar-refractivity contribution in [1.29, 1.82) is 0 Å². The first-order chi connectivity index (χ1) is 13.6. The molecule has 4 rings (SSSR count). The van der Waals surface area contributed by atoms with E-state index in [1.165, 1.54) is 12.8 Å². The molecule has 8 nitrogen and oxygen atoms in total. The highest BCUT2D eigenvalue weighted by Crippen LogP contribution is 2.36. The zero-order chi connectivity index (χ0) is 19.6. The van der Waals surface area contributed by atoms with Crippen molar-refractivity contribution < 1.29 is 14.3 Å². The second-order valence-electron chi connectivity index (χ2n) is 8.22. The lowest BCUT2D eigenvalue weighted by molar-refractivity contribution is -0.135. The van der Waals surface area contributed by atoms with Crippen LogP contribution < -0.4 is 5.32 Å². The molecule has 8 heteroatoms. The van der Waals surface area contributed by atoms with E-state index >= 15 is 0 Å². The highest BCUT2D eigenvalue weighted by molar-refractivity contribution is 5.78. The summed E-state index contributed by atoms with van der Waals surface area (Å²) < 4.78 is 8.41. The number of hydrogen-bond acceptors (Lipinski definition) is 4. The molecule has 0 bridgehead atoms. The molecule has 3 aliphatic rings. The molecule has 2 saturated heterocycles. The predicted octanol–water partition coefficient (Wildman–Crippen LogP) is 1.92. The average Bonchev–Trinajstić information content (AvgIpc) is 3.46. The second-order valence-corrected chi connectivity index (χ2v) is 8.22. The molecule has 0 aromatic carbocycles. The van der Waals surface area contributed by atoms with Gasteiger partial charge in [0.05, 0.1) is 25.2 Å². The maximum atomic E-state index is 13.0. The van der Waals surface area contributed by atoms with Crippen LogP contribution in [-0.2, 0) is 16.1 Å². The summed E-state index contributed by atoms with van der Waals surface area (Å²) in [7, 11) is 0. The first kappa shape index (κ1) is 19.2. The highest BCUT2D eigenvalue weighted by atomic mass is 16.5. The van der Waals surface area contributed by atoms with Crippen molar-refractivity contribution in [3.8, 4) is 0 Å². The monoisotopic (exact) mass is 389 g/mol. The minimum atomic E-state index is -0.431. The summed E-state index contributed by atoms with van der Waals surface area (Å²) in [6, 6.07) is 0.551. The standard InChI is InChI=1S/C20H31N5O3/c1-2-7-22-19(27)23-9-5-20(6-10-23)14-18(26)24(12-13-28-20)15-17-21-8-11-25(17)16-3-4-16/h8,11,16H,2-7,9-10,12-15H2,1H3,(H,22,27). The number of carbonyl (C=O) groups excluding carboxylic acids is 2. The Morgan fingerprint density at radius 2 is 2.11 bits per heavy atom. The summed E-state index contributed by atoms with van der Waals surface area (Å²) in [5, 5.41) is 2.93. The Labute approximate surface area is 166 Å². The molecule has 1 N–H and O–H groups in total. The zero-order valence-corrected chi connectivity index (χ0v) is 16.7. The number of aromatic nitrogens is 2. The number of likely N-dealkylation sites (tertiary alicyclic amines) is 1. The quantitative estimate of drug-likeness (QED) is 0.834. The summed E-state index contributed by atoms with van der Waals surface area (Å²) >= 11 is 0. The zero-order valence-electron chi connectivity index (χ0n) is 16.7. The van der Waals surface area contributed by atoms with Crippen LogP contribution in [0.2, 0.25) is 0 Å². The lowest BCUT2D eigenvalue weighted by Gasteiger charge is -2.40. The van der Waals surface area contributed by atoms with Gasteiger partial charge in [-0.05, 0) is 32.1 Å². The van der Waals surface area contributed by atoms with Crippen LogP contribution in [0.5, 0.6) is 0 Å². The van der Waals surface area contributed by atoms with Gasteiger partial charge in [-0.25, -0.2) is 9.78 Å². The largest absolute Gasteiger partial charge is 0.372 e. The molecule has 1 aliphatic carbocycles. The first-order valence-electron chi connectivity index (χ1n) is 10.6. The predicted molar refractivity (Wildman–Crippen MR) is 104 cm³/mol. The molecule has 0 unspecified atom stereocenters. The fourth-order valence-electron chi connectivity index (χ4n) is 4.21. The normalized spacial score (nSPS) is 22.4. The number of nitrogens with zero attached hydrogens (tertiary/aromatic N) is 4. The summed E-state index contributed by atoms with van der Waals surface area (Å²) in [5.74, 6) is 1.10. The van der Waals surface area contributed by atoms with Crippen LogP contribution in [0.3, 0.4) is 0 Å². The minimum Gasteiger partial charge on any atom is -0.372 e. The molecule has 1 spiro atoms. The van der Waals surface area contributed by atoms with Crippen LogP contribution in [0.1, 0.15) is 57.3 Å². The number of urea groups is 1. The van der Waals surface area contributed by atoms with E-state index in [4.69, 9.17) is 4.74 Å². The molecule has 1 saturated carbocycles. The molecule has 3 amide bonds. The SMILES string of the molecule is CCCNC(=O)N1CCC2(CC1)CC(=O)N(Cc1nccn1C1CC1)CCO2. The fraction of sp³-hybridized carbons (Fsp3) is 0.750. The van der Waals surface area contributed by atoms with Crippen molar-refractivity contribution in [3.63, 3.8) is 0 Å². The summed E-state index contributed by atoms with van der Waals surface area (Å²) in [6.07, 6.45) is 8.99. The Balaban J connectivity index is 1.34. The molecule has 154 valence electrons. The van der Waals surface area contributed by atoms with Gasteiger partial charge in [0.15, 0.2) is 0 Å². The maximum Gasteiger partial charge on any atom is 0.317 e. The third-order valence-electron chi connectivity index (χ3n) is 6.11. The third-order valence-corrected chi connectivity index (χ3v) is 6.11. The van der Waals surface area contributed by atoms with Gasteiger partial charge in [-0.2, -0.15) is 0 Å². The van der Waals surface area contributed by atoms with Gasteiger partial charge in [0.1, 0.15) is 5.82 Å². The molecule has 0 atom stereocenters. The summed E-state index contributed by atoms with van der Waals surface area (Å²) in [4.78, 5) is 33.3. The van der Waals surface area contributed by atoms with Gasteiger partial charge in [-0.1, -0.05) is 6.92 Å². The summed E-state index contributed by atoms with van der Waals surface area (Å²) in [5.41, 5.74) is -0.431. The molecule has 1 aromatic rings. The van der Waals surface area contributed by atoms with Gasteiger partial charge >= 0.3 is 6.03 Å². The molecule has 0 radical (unpaired) electrons. The van der Waals surface area contributed by atoms with Gasteiger partial charge in [0.25, 0.3) is 0 Å². The molecule has 28 heavy (non-hydrogen) atoms. The third kappa shape index (κ3) is 4.16. The molecule has 2 aliphatic heterocycles. The van der Waals surface area contributed by atoms with E-state index in [0.29, 0.717) is 64.6 Å². The van der Waals surface area contributed by atoms with E-state index in [1.807, 2.05) is 29.1 Å². The van der Waals surface area contributed by atoms with E-state index in [2.05, 4.69) is 14.9 Å². The molecule has 3 fully saturated rings. The van der Waals surface area contributed by atoms with Crippen molar-refractivity contribution >= 4 is 11.9 Å². The number of ether oxygens (including phenoxy) is 1. The van der Waals surface area contributed by atoms with E-state index in [-0.39, 0.29) is 11.9 Å². The van der Waals surface area contributed by atoms with Crippen molar-refractivity contribution in [1.82, 2.24) is 24.7 Å². The Kier molecular flexibility index (Phi) is 5.57. The Hall–Kier alpha value is -2.09. The van der Waals surface area contributed by atoms with E-state index < -0.39 is 5.60 Å². The summed E-state index contributed by atoms with van der Waals surface area (Å²) in [6.45, 7) is 5.69. The number of amides is 3. The Morgan fingerprint density at radius 3 is 2.82 bits per heavy atom. The van der Waals surface area contributed by atoms with Gasteiger partial charge in [-0.15, -0.1) is 0 Å². The minimum absolute atomic E-state index is 0.00909. The van der Waals surface area contributed by atoms with Crippen LogP contribution in [0.15, 0.2) is 12.4 Å². The van der Waals surface area contributed by atoms with Gasteiger partial charge < -0.3 is 24.4 Å². The fourth-order valence-corrected chi connectivity index (χ4v) is 4.21. The lowest BCUT2D eigenvalue weighted by Crippen LogP contribution is -2.51. The smallest absolute Gasteiger partial charge is 0.317 e. The van der Waals surface area contributed by atoms with Crippen molar-refractivity contribution in [3.05, 3.63) is 18.2 Å². The van der Waals surface area contributed by atoms with E-state index in [1.54, 1.807) is 0 Å². The van der Waals surface area contributed by atoms with E-state index in [9.17, 15) is 9.59 Å². The van der Waals surface area contributed by atoms with E-state index in [0.717, 1.165) is 12.2 Å². The van der Waals surface area contributed by atoms with Crippen molar-refractivity contribution in [2.75, 3.05) is 32.8 Å². The van der Waals surface area contributed by atoms with Crippen LogP contribution in [0, 0.1) is 0 Å². The first-order valence-corrected chi connectivity index (χ1v) is 10.6. The number of carbonyl (C=O) groups is 2. The van der Waals surface area contributed by atoms with Crippen LogP contribution in [0.25, 0.3) is 0 Å². The van der Waals surface area contributed by atoms with Crippen molar-refractivity contribution in [2.45, 2.75) is 63.6 Å². The topological polar surface area (TPSA) is 79.7 Å².